The number of hydrogen-bond donors (Lipinski definition) is 0. The fourth-order valence-electron chi connectivity index (χ4n) is 1.40. The maximum absolute atomic E-state index is 13.7. The highest BCUT2D eigenvalue weighted by molar-refractivity contribution is 7.91. The molecule has 21 heavy (non-hydrogen) atoms. The van der Waals surface area contributed by atoms with Crippen molar-refractivity contribution in [2.45, 2.75) is 25.2 Å². The molecule has 0 fully saturated rings. The highest BCUT2D eigenvalue weighted by atomic mass is 32.2. The molecule has 0 radical (unpaired) electrons. The van der Waals surface area contributed by atoms with Crippen LogP contribution in [0.15, 0.2) is 23.1 Å². The summed E-state index contributed by atoms with van der Waals surface area (Å²) in [5.74, 6) is -1.56. The second kappa shape index (κ2) is 9.46. The third-order valence-corrected chi connectivity index (χ3v) is 4.18. The number of ether oxygens (including phenoxy) is 2. The molecule has 0 saturated carbocycles. The van der Waals surface area contributed by atoms with Crippen molar-refractivity contribution in [3.8, 4) is 0 Å². The Morgan fingerprint density at radius 1 is 1.24 bits per heavy atom. The summed E-state index contributed by atoms with van der Waals surface area (Å²) in [7, 11) is -0.994. The number of methoxy groups -OCH3 is 2. The molecule has 0 N–H and O–H groups in total. The van der Waals surface area contributed by atoms with E-state index in [2.05, 4.69) is 9.47 Å². The van der Waals surface area contributed by atoms with E-state index in [4.69, 9.17) is 0 Å². The lowest BCUT2D eigenvalue weighted by Crippen LogP contribution is -2.12. The van der Waals surface area contributed by atoms with Gasteiger partial charge in [0, 0.05) is 7.11 Å². The molecule has 1 aromatic carbocycles. The minimum absolute atomic E-state index is 0.0356. The minimum atomic E-state index is -3.58. The van der Waals surface area contributed by atoms with Gasteiger partial charge in [0.1, 0.15) is 5.82 Å². The van der Waals surface area contributed by atoms with Gasteiger partial charge in [0.25, 0.3) is 0 Å². The van der Waals surface area contributed by atoms with E-state index in [1.807, 2.05) is 13.8 Å². The first kappa shape index (κ1) is 19.5. The van der Waals surface area contributed by atoms with Crippen molar-refractivity contribution in [1.29, 1.82) is 0 Å². The van der Waals surface area contributed by atoms with Crippen molar-refractivity contribution >= 4 is 15.8 Å². The Morgan fingerprint density at radius 2 is 1.86 bits per heavy atom. The van der Waals surface area contributed by atoms with Crippen LogP contribution in [0.1, 0.15) is 19.4 Å². The molecule has 5 nitrogen and oxygen atoms in total. The zero-order chi connectivity index (χ0) is 16.5. The number of carbonyl (C=O) groups is 1. The van der Waals surface area contributed by atoms with Gasteiger partial charge in [-0.25, -0.2) is 12.8 Å². The Morgan fingerprint density at radius 3 is 2.33 bits per heavy atom. The smallest absolute Gasteiger partial charge is 0.310 e. The predicted octanol–water partition coefficient (Wildman–Crippen LogP) is 1.99. The summed E-state index contributed by atoms with van der Waals surface area (Å²) in [5.41, 5.74) is 0.0949. The van der Waals surface area contributed by atoms with Gasteiger partial charge in [0.2, 0.25) is 0 Å². The molecule has 0 aliphatic heterocycles. The number of benzene rings is 1. The number of rotatable bonds is 6. The molecule has 0 unspecified atom stereocenters. The summed E-state index contributed by atoms with van der Waals surface area (Å²) >= 11 is 0. The van der Waals surface area contributed by atoms with Crippen LogP contribution in [-0.4, -0.2) is 41.0 Å². The molecule has 0 aromatic heterocycles. The summed E-state index contributed by atoms with van der Waals surface area (Å²) < 4.78 is 46.4. The van der Waals surface area contributed by atoms with Gasteiger partial charge < -0.3 is 9.47 Å². The molecule has 0 spiro atoms. The third kappa shape index (κ3) is 6.22. The van der Waals surface area contributed by atoms with Crippen LogP contribution in [0.25, 0.3) is 0 Å². The predicted molar refractivity (Wildman–Crippen MR) is 77.4 cm³/mol. The maximum Gasteiger partial charge on any atom is 0.310 e. The molecule has 0 bridgehead atoms. The molecule has 0 heterocycles. The van der Waals surface area contributed by atoms with Crippen LogP contribution < -0.4 is 0 Å². The molecule has 1 aromatic rings. The average molecular weight is 320 g/mol. The molecule has 7 heteroatoms. The Labute approximate surface area is 125 Å². The zero-order valence-electron chi connectivity index (χ0n) is 12.7. The fraction of sp³-hybridized carbons (Fsp3) is 0.500. The number of esters is 1. The topological polar surface area (TPSA) is 69.7 Å². The second-order valence-electron chi connectivity index (χ2n) is 3.82. The van der Waals surface area contributed by atoms with E-state index in [1.165, 1.54) is 26.4 Å². The average Bonchev–Trinajstić information content (AvgIpc) is 2.49. The summed E-state index contributed by atoms with van der Waals surface area (Å²) in [4.78, 5) is 10.9. The lowest BCUT2D eigenvalue weighted by atomic mass is 10.1. The molecule has 0 aliphatic rings. The van der Waals surface area contributed by atoms with E-state index < -0.39 is 21.6 Å². The Hall–Kier alpha value is -1.47. The number of hydrogen-bond acceptors (Lipinski definition) is 5. The quantitative estimate of drug-likeness (QED) is 0.750. The van der Waals surface area contributed by atoms with Crippen LogP contribution in [0.3, 0.4) is 0 Å². The van der Waals surface area contributed by atoms with Crippen molar-refractivity contribution in [2.75, 3.05) is 26.6 Å². The standard InChI is InChI=1S/C12H15FO5S.C2H6/c1-17-5-6-19(15,16)10-4-3-9(11(13)8-10)7-12(14)18-2;1-2/h3-4,8H,5-7H2,1-2H3;1-2H3. The largest absolute Gasteiger partial charge is 0.469 e. The van der Waals surface area contributed by atoms with Gasteiger partial charge in [0.05, 0.1) is 30.8 Å². The Kier molecular flexibility index (Phi) is 8.80. The fourth-order valence-corrected chi connectivity index (χ4v) is 2.58. The van der Waals surface area contributed by atoms with Gasteiger partial charge in [-0.3, -0.25) is 4.79 Å². The summed E-state index contributed by atoms with van der Waals surface area (Å²) in [6.45, 7) is 4.04. The molecule has 0 saturated heterocycles. The van der Waals surface area contributed by atoms with Gasteiger partial charge in [-0.15, -0.1) is 0 Å². The first-order valence-corrected chi connectivity index (χ1v) is 8.13. The number of sulfone groups is 1. The molecule has 0 amide bonds. The zero-order valence-corrected chi connectivity index (χ0v) is 13.5. The first-order chi connectivity index (χ1) is 9.90. The highest BCUT2D eigenvalue weighted by Gasteiger charge is 2.17. The third-order valence-electron chi connectivity index (χ3n) is 2.50. The number of carbonyl (C=O) groups excluding carboxylic acids is 1. The van der Waals surface area contributed by atoms with Crippen molar-refractivity contribution < 1.29 is 27.1 Å². The summed E-state index contributed by atoms with van der Waals surface area (Å²) in [6, 6.07) is 3.45. The number of halogens is 1. The normalized spacial score (nSPS) is 10.5. The van der Waals surface area contributed by atoms with E-state index in [0.29, 0.717) is 0 Å². The second-order valence-corrected chi connectivity index (χ2v) is 5.93. The molecule has 1 rings (SSSR count). The van der Waals surface area contributed by atoms with Crippen molar-refractivity contribution in [3.05, 3.63) is 29.6 Å². The van der Waals surface area contributed by atoms with E-state index in [-0.39, 0.29) is 29.2 Å². The minimum Gasteiger partial charge on any atom is -0.469 e. The van der Waals surface area contributed by atoms with Crippen LogP contribution in [-0.2, 0) is 30.5 Å². The lowest BCUT2D eigenvalue weighted by molar-refractivity contribution is -0.139. The van der Waals surface area contributed by atoms with Crippen molar-refractivity contribution in [2.24, 2.45) is 0 Å². The van der Waals surface area contributed by atoms with Crippen LogP contribution >= 0.6 is 0 Å². The Balaban J connectivity index is 0.00000191. The van der Waals surface area contributed by atoms with E-state index in [9.17, 15) is 17.6 Å². The summed E-state index contributed by atoms with van der Waals surface area (Å²) in [6.07, 6.45) is -0.235. The van der Waals surface area contributed by atoms with Crippen molar-refractivity contribution in [3.63, 3.8) is 0 Å². The molecular weight excluding hydrogens is 299 g/mol. The maximum atomic E-state index is 13.7. The monoisotopic (exact) mass is 320 g/mol. The van der Waals surface area contributed by atoms with E-state index in [1.54, 1.807) is 0 Å². The van der Waals surface area contributed by atoms with Crippen LogP contribution in [0.2, 0.25) is 0 Å². The molecule has 0 aliphatic carbocycles. The van der Waals surface area contributed by atoms with Gasteiger partial charge in [-0.1, -0.05) is 19.9 Å². The van der Waals surface area contributed by atoms with Gasteiger partial charge in [0.15, 0.2) is 9.84 Å². The molecular formula is C14H21FO5S. The highest BCUT2D eigenvalue weighted by Crippen LogP contribution is 2.17. The first-order valence-electron chi connectivity index (χ1n) is 6.47. The van der Waals surface area contributed by atoms with Crippen LogP contribution in [0, 0.1) is 5.82 Å². The van der Waals surface area contributed by atoms with E-state index in [0.717, 1.165) is 6.07 Å². The van der Waals surface area contributed by atoms with Crippen LogP contribution in [0.4, 0.5) is 4.39 Å². The SMILES string of the molecule is CC.COCCS(=O)(=O)c1ccc(CC(=O)OC)c(F)c1. The Bertz CT molecular complexity index is 554. The molecule has 120 valence electrons. The van der Waals surface area contributed by atoms with Gasteiger partial charge in [-0.2, -0.15) is 0 Å². The lowest BCUT2D eigenvalue weighted by Gasteiger charge is -2.06. The summed E-state index contributed by atoms with van der Waals surface area (Å²) in [5, 5.41) is 0. The van der Waals surface area contributed by atoms with Gasteiger partial charge in [-0.05, 0) is 17.7 Å². The van der Waals surface area contributed by atoms with Crippen molar-refractivity contribution in [1.82, 2.24) is 0 Å². The van der Waals surface area contributed by atoms with Crippen LogP contribution in [0.5, 0.6) is 0 Å². The van der Waals surface area contributed by atoms with Gasteiger partial charge >= 0.3 is 5.97 Å². The van der Waals surface area contributed by atoms with E-state index >= 15 is 0 Å². The molecule has 0 atom stereocenters.